The van der Waals surface area contributed by atoms with Gasteiger partial charge in [-0.2, -0.15) is 0 Å². The molecule has 5 heterocycles. The molecule has 3 aromatic rings. The topological polar surface area (TPSA) is 66.8 Å². The van der Waals surface area contributed by atoms with Crippen LogP contribution in [0.1, 0.15) is 19.3 Å². The second kappa shape index (κ2) is 6.49. The molecule has 2 fully saturated rings. The summed E-state index contributed by atoms with van der Waals surface area (Å²) < 4.78 is 14.3. The first-order chi connectivity index (χ1) is 13.2. The van der Waals surface area contributed by atoms with Crippen LogP contribution in [0.2, 0.25) is 0 Å². The van der Waals surface area contributed by atoms with Gasteiger partial charge in [-0.1, -0.05) is 0 Å². The highest BCUT2D eigenvalue weighted by atomic mass is 19.1. The van der Waals surface area contributed by atoms with E-state index in [-0.39, 0.29) is 5.82 Å². The summed E-state index contributed by atoms with van der Waals surface area (Å²) in [4.78, 5) is 19.8. The Kier molecular flexibility index (Phi) is 3.97. The zero-order valence-corrected chi connectivity index (χ0v) is 15.0. The molecule has 27 heavy (non-hydrogen) atoms. The monoisotopic (exact) mass is 364 g/mol. The fourth-order valence-electron chi connectivity index (χ4n) is 4.28. The van der Waals surface area contributed by atoms with Crippen LogP contribution < -0.4 is 10.2 Å². The first-order valence-electron chi connectivity index (χ1n) is 9.41. The number of rotatable bonds is 2. The van der Waals surface area contributed by atoms with E-state index in [1.807, 2.05) is 6.07 Å². The fraction of sp³-hybridized carbons (Fsp3) is 0.400. The van der Waals surface area contributed by atoms with Crippen molar-refractivity contribution in [3.05, 3.63) is 42.7 Å². The molecule has 1 spiro atoms. The van der Waals surface area contributed by atoms with Crippen molar-refractivity contribution in [2.24, 2.45) is 5.41 Å². The molecule has 2 aliphatic rings. The average Bonchev–Trinajstić information content (AvgIpc) is 3.16. The number of hydrogen-bond acceptors (Lipinski definition) is 6. The predicted molar refractivity (Wildman–Crippen MR) is 102 cm³/mol. The minimum Gasteiger partial charge on any atom is -0.356 e. The van der Waals surface area contributed by atoms with E-state index in [9.17, 15) is 4.39 Å². The summed E-state index contributed by atoms with van der Waals surface area (Å²) in [5, 5.41) is 4.46. The van der Waals surface area contributed by atoms with Gasteiger partial charge in [0.25, 0.3) is 0 Å². The molecule has 138 valence electrons. The number of anilines is 1. The van der Waals surface area contributed by atoms with Crippen LogP contribution in [0.25, 0.3) is 22.3 Å². The van der Waals surface area contributed by atoms with Crippen LogP contribution in [0.15, 0.2) is 36.9 Å². The highest BCUT2D eigenvalue weighted by Crippen LogP contribution is 2.39. The van der Waals surface area contributed by atoms with Gasteiger partial charge in [-0.15, -0.1) is 0 Å². The summed E-state index contributed by atoms with van der Waals surface area (Å²) in [6.07, 6.45) is 9.92. The van der Waals surface area contributed by atoms with Crippen molar-refractivity contribution in [2.45, 2.75) is 19.3 Å². The van der Waals surface area contributed by atoms with Crippen molar-refractivity contribution in [1.82, 2.24) is 25.3 Å². The molecular weight excluding hydrogens is 343 g/mol. The number of aromatic nitrogens is 4. The Bertz CT molecular complexity index is 975. The Labute approximate surface area is 156 Å². The first kappa shape index (κ1) is 16.5. The molecule has 0 amide bonds. The zero-order valence-electron chi connectivity index (χ0n) is 15.0. The predicted octanol–water partition coefficient (Wildman–Crippen LogP) is 2.81. The molecule has 7 heteroatoms. The Morgan fingerprint density at radius 1 is 1.00 bits per heavy atom. The van der Waals surface area contributed by atoms with Crippen LogP contribution in [-0.4, -0.2) is 46.1 Å². The molecule has 1 N–H and O–H groups in total. The largest absolute Gasteiger partial charge is 0.356 e. The molecule has 0 aromatic carbocycles. The molecule has 0 radical (unpaired) electrons. The molecule has 0 aliphatic carbocycles. The van der Waals surface area contributed by atoms with Crippen molar-refractivity contribution in [3.8, 4) is 11.4 Å². The van der Waals surface area contributed by atoms with E-state index in [1.54, 1.807) is 12.4 Å². The van der Waals surface area contributed by atoms with Gasteiger partial charge in [0.1, 0.15) is 11.6 Å². The van der Waals surface area contributed by atoms with Crippen molar-refractivity contribution in [2.75, 3.05) is 31.1 Å². The third kappa shape index (κ3) is 2.92. The average molecular weight is 364 g/mol. The Balaban J connectivity index is 1.56. The van der Waals surface area contributed by atoms with Crippen LogP contribution in [0.5, 0.6) is 0 Å². The van der Waals surface area contributed by atoms with E-state index >= 15 is 0 Å². The SMILES string of the molecule is Fc1ccncc1-c1nc(N2CCC3(CCNC3)CC2)c2ccncc2n1. The lowest BCUT2D eigenvalue weighted by Gasteiger charge is -2.39. The van der Waals surface area contributed by atoms with Crippen LogP contribution >= 0.6 is 0 Å². The summed E-state index contributed by atoms with van der Waals surface area (Å²) in [6.45, 7) is 4.13. The highest BCUT2D eigenvalue weighted by molar-refractivity contribution is 5.90. The molecule has 0 unspecified atom stereocenters. The van der Waals surface area contributed by atoms with Gasteiger partial charge in [-0.3, -0.25) is 9.97 Å². The zero-order chi connectivity index (χ0) is 18.3. The normalized spacial score (nSPS) is 19.1. The number of nitrogens with one attached hydrogen (secondary N) is 1. The fourth-order valence-corrected chi connectivity index (χ4v) is 4.28. The Morgan fingerprint density at radius 3 is 2.59 bits per heavy atom. The molecule has 6 nitrogen and oxygen atoms in total. The van der Waals surface area contributed by atoms with Crippen LogP contribution in [0.3, 0.4) is 0 Å². The number of fused-ring (bicyclic) bond motifs is 1. The van der Waals surface area contributed by atoms with Gasteiger partial charge in [-0.05, 0) is 43.4 Å². The molecule has 3 aromatic heterocycles. The molecule has 2 aliphatic heterocycles. The van der Waals surface area contributed by atoms with E-state index in [4.69, 9.17) is 4.98 Å². The number of halogens is 1. The first-order valence-corrected chi connectivity index (χ1v) is 9.41. The Morgan fingerprint density at radius 2 is 1.81 bits per heavy atom. The molecule has 0 saturated carbocycles. The second-order valence-electron chi connectivity index (χ2n) is 7.53. The Hall–Kier alpha value is -2.67. The van der Waals surface area contributed by atoms with Crippen LogP contribution in [-0.2, 0) is 0 Å². The van der Waals surface area contributed by atoms with Crippen LogP contribution in [0.4, 0.5) is 10.2 Å². The minimum atomic E-state index is -0.367. The summed E-state index contributed by atoms with van der Waals surface area (Å²) in [6, 6.07) is 3.28. The van der Waals surface area contributed by atoms with Gasteiger partial charge >= 0.3 is 0 Å². The maximum atomic E-state index is 14.3. The van der Waals surface area contributed by atoms with Gasteiger partial charge in [0.15, 0.2) is 5.82 Å². The summed E-state index contributed by atoms with van der Waals surface area (Å²) >= 11 is 0. The van der Waals surface area contributed by atoms with Crippen molar-refractivity contribution < 1.29 is 4.39 Å². The van der Waals surface area contributed by atoms with Gasteiger partial charge in [0.2, 0.25) is 0 Å². The number of pyridine rings is 2. The maximum Gasteiger partial charge on any atom is 0.166 e. The highest BCUT2D eigenvalue weighted by Gasteiger charge is 2.37. The van der Waals surface area contributed by atoms with Crippen LogP contribution in [0, 0.1) is 11.2 Å². The number of piperidine rings is 1. The third-order valence-electron chi connectivity index (χ3n) is 5.94. The lowest BCUT2D eigenvalue weighted by molar-refractivity contribution is 0.247. The van der Waals surface area contributed by atoms with E-state index in [0.717, 1.165) is 55.7 Å². The summed E-state index contributed by atoms with van der Waals surface area (Å²) in [5.41, 5.74) is 1.47. The van der Waals surface area contributed by atoms with Crippen molar-refractivity contribution >= 4 is 16.7 Å². The second-order valence-corrected chi connectivity index (χ2v) is 7.53. The minimum absolute atomic E-state index is 0.318. The molecule has 0 atom stereocenters. The van der Waals surface area contributed by atoms with Crippen molar-refractivity contribution in [1.29, 1.82) is 0 Å². The van der Waals surface area contributed by atoms with E-state index in [2.05, 4.69) is 25.2 Å². The molecule has 0 bridgehead atoms. The third-order valence-corrected chi connectivity index (χ3v) is 5.94. The molecule has 5 rings (SSSR count). The maximum absolute atomic E-state index is 14.3. The van der Waals surface area contributed by atoms with E-state index in [1.165, 1.54) is 24.9 Å². The molecule has 2 saturated heterocycles. The van der Waals surface area contributed by atoms with E-state index in [0.29, 0.717) is 16.8 Å². The summed E-state index contributed by atoms with van der Waals surface area (Å²) in [5.74, 6) is 0.856. The molecular formula is C20H21FN6. The number of hydrogen-bond donors (Lipinski definition) is 1. The van der Waals surface area contributed by atoms with Crippen molar-refractivity contribution in [3.63, 3.8) is 0 Å². The van der Waals surface area contributed by atoms with Gasteiger partial charge < -0.3 is 10.2 Å². The smallest absolute Gasteiger partial charge is 0.166 e. The lowest BCUT2D eigenvalue weighted by atomic mass is 9.78. The quantitative estimate of drug-likeness (QED) is 0.754. The van der Waals surface area contributed by atoms with Gasteiger partial charge in [0, 0.05) is 43.6 Å². The summed E-state index contributed by atoms with van der Waals surface area (Å²) in [7, 11) is 0. The van der Waals surface area contributed by atoms with Gasteiger partial charge in [0.05, 0.1) is 17.3 Å². The number of nitrogens with zero attached hydrogens (tertiary/aromatic N) is 5. The van der Waals surface area contributed by atoms with Gasteiger partial charge in [-0.25, -0.2) is 14.4 Å². The standard InChI is InChI=1S/C20H21FN6/c21-16-2-7-22-11-15(16)18-25-17-12-23-6-1-14(17)19(26-18)27-9-4-20(5-10-27)3-8-24-13-20/h1-2,6-7,11-12,24H,3-5,8-10,13H2. The van der Waals surface area contributed by atoms with E-state index < -0.39 is 0 Å². The lowest BCUT2D eigenvalue weighted by Crippen LogP contribution is -2.41.